The third kappa shape index (κ3) is 4.59. The van der Waals surface area contributed by atoms with Gasteiger partial charge in [0.2, 0.25) is 5.91 Å². The van der Waals surface area contributed by atoms with E-state index in [4.69, 9.17) is 9.84 Å². The van der Waals surface area contributed by atoms with Crippen molar-refractivity contribution in [2.24, 2.45) is 0 Å². The number of carbonyl (C=O) groups is 2. The molecule has 1 rings (SSSR count). The summed E-state index contributed by atoms with van der Waals surface area (Å²) in [6.07, 6.45) is -0.304. The lowest BCUT2D eigenvalue weighted by Gasteiger charge is -2.41. The van der Waals surface area contributed by atoms with Crippen LogP contribution in [-0.4, -0.2) is 66.9 Å². The highest BCUT2D eigenvalue weighted by atomic mass is 16.5. The zero-order valence-electron chi connectivity index (χ0n) is 11.0. The maximum atomic E-state index is 11.6. The van der Waals surface area contributed by atoms with Gasteiger partial charge in [-0.15, -0.1) is 0 Å². The molecule has 18 heavy (non-hydrogen) atoms. The maximum absolute atomic E-state index is 11.6. The van der Waals surface area contributed by atoms with Crippen LogP contribution in [0.15, 0.2) is 0 Å². The van der Waals surface area contributed by atoms with Crippen molar-refractivity contribution in [2.75, 3.05) is 33.3 Å². The van der Waals surface area contributed by atoms with Gasteiger partial charge in [0.25, 0.3) is 0 Å². The van der Waals surface area contributed by atoms with Crippen LogP contribution in [-0.2, 0) is 9.53 Å². The van der Waals surface area contributed by atoms with E-state index in [1.165, 1.54) is 7.05 Å². The first-order valence-electron chi connectivity index (χ1n) is 5.89. The molecule has 1 aliphatic rings. The Morgan fingerprint density at radius 3 is 2.72 bits per heavy atom. The first-order valence-corrected chi connectivity index (χ1v) is 5.89. The molecule has 0 bridgehead atoms. The molecule has 3 N–H and O–H groups in total. The Labute approximate surface area is 106 Å². The fraction of sp³-hybridized carbons (Fsp3) is 0.818. The number of nitrogens with one attached hydrogen (secondary N) is 2. The lowest BCUT2D eigenvalue weighted by atomic mass is 10.1. The van der Waals surface area contributed by atoms with Crippen LogP contribution < -0.4 is 10.6 Å². The van der Waals surface area contributed by atoms with E-state index in [0.29, 0.717) is 13.1 Å². The van der Waals surface area contributed by atoms with E-state index < -0.39 is 11.6 Å². The molecule has 1 aliphatic heterocycles. The summed E-state index contributed by atoms with van der Waals surface area (Å²) in [6, 6.07) is -0.522. The van der Waals surface area contributed by atoms with E-state index in [9.17, 15) is 9.59 Å². The molecule has 0 aromatic carbocycles. The number of rotatable bonds is 3. The van der Waals surface area contributed by atoms with E-state index in [1.807, 2.05) is 18.7 Å². The van der Waals surface area contributed by atoms with Gasteiger partial charge in [-0.2, -0.15) is 0 Å². The highest BCUT2D eigenvalue weighted by Crippen LogP contribution is 2.20. The summed E-state index contributed by atoms with van der Waals surface area (Å²) in [5, 5.41) is 13.7. The van der Waals surface area contributed by atoms with Crippen molar-refractivity contribution in [3.8, 4) is 0 Å². The van der Waals surface area contributed by atoms with Crippen LogP contribution in [0, 0.1) is 0 Å². The molecule has 0 saturated carbocycles. The molecular weight excluding hydrogens is 238 g/mol. The molecule has 0 radical (unpaired) electrons. The Bertz CT molecular complexity index is 319. The SMILES string of the molecule is CNC(=O)NC(=O)CN1CC(CO)OC(C)(C)C1. The van der Waals surface area contributed by atoms with Gasteiger partial charge >= 0.3 is 6.03 Å². The molecule has 0 aliphatic carbocycles. The first-order chi connectivity index (χ1) is 8.36. The van der Waals surface area contributed by atoms with E-state index in [0.717, 1.165) is 0 Å². The minimum Gasteiger partial charge on any atom is -0.394 e. The molecule has 1 atom stereocenters. The summed E-state index contributed by atoms with van der Waals surface area (Å²) >= 11 is 0. The molecule has 1 unspecified atom stereocenters. The number of hydrogen-bond acceptors (Lipinski definition) is 5. The van der Waals surface area contributed by atoms with Crippen molar-refractivity contribution in [1.29, 1.82) is 0 Å². The number of aliphatic hydroxyl groups is 1. The minimum atomic E-state index is -0.522. The average molecular weight is 259 g/mol. The lowest BCUT2D eigenvalue weighted by molar-refractivity contribution is -0.152. The fourth-order valence-electron chi connectivity index (χ4n) is 2.06. The van der Waals surface area contributed by atoms with Crippen molar-refractivity contribution in [1.82, 2.24) is 15.5 Å². The third-order valence-electron chi connectivity index (χ3n) is 2.60. The first kappa shape index (κ1) is 14.9. The third-order valence-corrected chi connectivity index (χ3v) is 2.60. The molecule has 7 heteroatoms. The number of urea groups is 1. The van der Waals surface area contributed by atoms with Gasteiger partial charge in [-0.25, -0.2) is 4.79 Å². The van der Waals surface area contributed by atoms with Crippen LogP contribution in [0.4, 0.5) is 4.79 Å². The Morgan fingerprint density at radius 1 is 1.50 bits per heavy atom. The average Bonchev–Trinajstić information content (AvgIpc) is 2.26. The van der Waals surface area contributed by atoms with Gasteiger partial charge in [0, 0.05) is 20.1 Å². The number of imide groups is 1. The van der Waals surface area contributed by atoms with Gasteiger partial charge in [0.1, 0.15) is 0 Å². The van der Waals surface area contributed by atoms with Crippen molar-refractivity contribution in [3.63, 3.8) is 0 Å². The van der Waals surface area contributed by atoms with Crippen LogP contribution in [0.1, 0.15) is 13.8 Å². The second-order valence-electron chi connectivity index (χ2n) is 4.98. The quantitative estimate of drug-likeness (QED) is 0.599. The van der Waals surface area contributed by atoms with Crippen LogP contribution in [0.3, 0.4) is 0 Å². The van der Waals surface area contributed by atoms with E-state index >= 15 is 0 Å². The van der Waals surface area contributed by atoms with Gasteiger partial charge in [0.15, 0.2) is 0 Å². The summed E-state index contributed by atoms with van der Waals surface area (Å²) in [7, 11) is 1.45. The normalized spacial score (nSPS) is 23.4. The topological polar surface area (TPSA) is 90.9 Å². The fourth-order valence-corrected chi connectivity index (χ4v) is 2.06. The number of amides is 3. The molecule has 0 aromatic rings. The number of nitrogens with zero attached hydrogens (tertiary/aromatic N) is 1. The molecule has 0 spiro atoms. The molecule has 1 fully saturated rings. The standard InChI is InChI=1S/C11H21N3O4/c1-11(2)7-14(4-8(6-15)18-11)5-9(16)13-10(17)12-3/h8,15H,4-7H2,1-3H3,(H2,12,13,16,17). The van der Waals surface area contributed by atoms with Crippen LogP contribution >= 0.6 is 0 Å². The number of ether oxygens (including phenoxy) is 1. The van der Waals surface area contributed by atoms with E-state index in [1.54, 1.807) is 0 Å². The van der Waals surface area contributed by atoms with Crippen LogP contribution in [0.25, 0.3) is 0 Å². The number of hydrogen-bond donors (Lipinski definition) is 3. The minimum absolute atomic E-state index is 0.0863. The summed E-state index contributed by atoms with van der Waals surface area (Å²) in [4.78, 5) is 24.4. The van der Waals surface area contributed by atoms with Gasteiger partial charge in [-0.3, -0.25) is 15.0 Å². The van der Waals surface area contributed by atoms with Gasteiger partial charge in [-0.1, -0.05) is 0 Å². The molecule has 1 saturated heterocycles. The molecule has 104 valence electrons. The van der Waals surface area contributed by atoms with Crippen molar-refractivity contribution >= 4 is 11.9 Å². The lowest BCUT2D eigenvalue weighted by Crippen LogP contribution is -2.56. The maximum Gasteiger partial charge on any atom is 0.321 e. The monoisotopic (exact) mass is 259 g/mol. The highest BCUT2D eigenvalue weighted by Gasteiger charge is 2.33. The molecule has 3 amide bonds. The highest BCUT2D eigenvalue weighted by molar-refractivity contribution is 5.95. The Balaban J connectivity index is 2.50. The summed E-state index contributed by atoms with van der Waals surface area (Å²) in [5.41, 5.74) is -0.418. The predicted octanol–water partition coefficient (Wildman–Crippen LogP) is -1.09. The molecule has 0 aromatic heterocycles. The van der Waals surface area contributed by atoms with Crippen molar-refractivity contribution in [3.05, 3.63) is 0 Å². The number of aliphatic hydroxyl groups excluding tert-OH is 1. The second-order valence-corrected chi connectivity index (χ2v) is 4.98. The zero-order chi connectivity index (χ0) is 13.8. The largest absolute Gasteiger partial charge is 0.394 e. The summed E-state index contributed by atoms with van der Waals surface area (Å²) in [5.74, 6) is -0.372. The van der Waals surface area contributed by atoms with Gasteiger partial charge in [0.05, 0.1) is 24.9 Å². The summed E-state index contributed by atoms with van der Waals surface area (Å²) < 4.78 is 5.63. The predicted molar refractivity (Wildman–Crippen MR) is 65.1 cm³/mol. The van der Waals surface area contributed by atoms with Gasteiger partial charge in [-0.05, 0) is 13.8 Å². The van der Waals surface area contributed by atoms with Crippen LogP contribution in [0.2, 0.25) is 0 Å². The zero-order valence-corrected chi connectivity index (χ0v) is 11.0. The van der Waals surface area contributed by atoms with Crippen LogP contribution in [0.5, 0.6) is 0 Å². The number of morpholine rings is 1. The van der Waals surface area contributed by atoms with Crippen molar-refractivity contribution < 1.29 is 19.4 Å². The van der Waals surface area contributed by atoms with Crippen molar-refractivity contribution in [2.45, 2.75) is 25.6 Å². The smallest absolute Gasteiger partial charge is 0.321 e. The van der Waals surface area contributed by atoms with Gasteiger partial charge < -0.3 is 15.2 Å². The molecule has 1 heterocycles. The number of carbonyl (C=O) groups excluding carboxylic acids is 2. The van der Waals surface area contributed by atoms with E-state index in [-0.39, 0.29) is 25.2 Å². The molecule has 7 nitrogen and oxygen atoms in total. The molecular formula is C11H21N3O4. The van der Waals surface area contributed by atoms with E-state index in [2.05, 4.69) is 10.6 Å². The second kappa shape index (κ2) is 6.12. The Morgan fingerprint density at radius 2 is 2.17 bits per heavy atom. The Hall–Kier alpha value is -1.18. The Kier molecular flexibility index (Phi) is 5.06. The summed E-state index contributed by atoms with van der Waals surface area (Å²) in [6.45, 7) is 4.87.